The molecule has 3 N–H and O–H groups in total. The number of rotatable bonds is 4. The summed E-state index contributed by atoms with van der Waals surface area (Å²) in [5, 5.41) is 10.8. The summed E-state index contributed by atoms with van der Waals surface area (Å²) in [5.41, 5.74) is 12.4. The molecule has 172 valence electrons. The number of pyridine rings is 1. The summed E-state index contributed by atoms with van der Waals surface area (Å²) in [5.74, 6) is 0.677. The number of aliphatic hydroxyl groups is 1. The van der Waals surface area contributed by atoms with Crippen LogP contribution in [-0.4, -0.2) is 39.3 Å². The maximum Gasteiger partial charge on any atom is 0.227 e. The van der Waals surface area contributed by atoms with Crippen LogP contribution in [0.4, 0.5) is 5.95 Å². The Morgan fingerprint density at radius 1 is 0.912 bits per heavy atom. The summed E-state index contributed by atoms with van der Waals surface area (Å²) < 4.78 is 0. The minimum absolute atomic E-state index is 0.179. The van der Waals surface area contributed by atoms with Crippen LogP contribution in [0.2, 0.25) is 0 Å². The fourth-order valence-electron chi connectivity index (χ4n) is 5.04. The van der Waals surface area contributed by atoms with E-state index in [4.69, 9.17) is 15.7 Å². The fourth-order valence-corrected chi connectivity index (χ4v) is 5.04. The number of anilines is 1. The van der Waals surface area contributed by atoms with Gasteiger partial charge in [-0.2, -0.15) is 4.98 Å². The van der Waals surface area contributed by atoms with Crippen LogP contribution in [0.3, 0.4) is 0 Å². The lowest BCUT2D eigenvalue weighted by atomic mass is 9.72. The molecule has 1 aliphatic carbocycles. The van der Waals surface area contributed by atoms with Gasteiger partial charge >= 0.3 is 0 Å². The first kappa shape index (κ1) is 21.2. The number of hydrogen-bond donors (Lipinski definition) is 2. The summed E-state index contributed by atoms with van der Waals surface area (Å²) >= 11 is 0. The van der Waals surface area contributed by atoms with Crippen LogP contribution in [0.25, 0.3) is 33.4 Å². The largest absolute Gasteiger partial charge is 0.393 e. The summed E-state index contributed by atoms with van der Waals surface area (Å²) in [7, 11) is 0. The molecule has 6 heteroatoms. The van der Waals surface area contributed by atoms with E-state index < -0.39 is 0 Å². The zero-order valence-corrected chi connectivity index (χ0v) is 19.2. The second-order valence-corrected chi connectivity index (χ2v) is 9.64. The molecule has 3 heterocycles. The second-order valence-electron chi connectivity index (χ2n) is 9.64. The number of piperidine rings is 1. The van der Waals surface area contributed by atoms with Crippen LogP contribution in [-0.2, 0) is 5.54 Å². The predicted molar refractivity (Wildman–Crippen MR) is 135 cm³/mol. The molecule has 2 aliphatic rings. The van der Waals surface area contributed by atoms with Crippen LogP contribution in [0.1, 0.15) is 37.7 Å². The first-order valence-electron chi connectivity index (χ1n) is 12.2. The van der Waals surface area contributed by atoms with Gasteiger partial charge in [0.25, 0.3) is 0 Å². The zero-order chi connectivity index (χ0) is 23.1. The smallest absolute Gasteiger partial charge is 0.227 e. The normalized spacial score (nSPS) is 18.1. The number of nitrogens with two attached hydrogens (primary N) is 1. The highest BCUT2D eigenvalue weighted by Gasteiger charge is 2.34. The number of nitrogens with zero attached hydrogens (tertiary/aromatic N) is 4. The molecule has 4 aromatic rings. The van der Waals surface area contributed by atoms with Gasteiger partial charge in [0.2, 0.25) is 5.95 Å². The highest BCUT2D eigenvalue weighted by atomic mass is 16.3. The van der Waals surface area contributed by atoms with E-state index in [-0.39, 0.29) is 11.6 Å². The number of hydrogen-bond acceptors (Lipinski definition) is 6. The Labute approximate surface area is 199 Å². The summed E-state index contributed by atoms with van der Waals surface area (Å²) in [6, 6.07) is 21.1. The maximum absolute atomic E-state index is 9.85. The van der Waals surface area contributed by atoms with Crippen LogP contribution in [0, 0.1) is 0 Å². The Hall–Kier alpha value is -3.35. The Morgan fingerprint density at radius 2 is 1.65 bits per heavy atom. The molecule has 0 radical (unpaired) electrons. The summed E-state index contributed by atoms with van der Waals surface area (Å²) in [6.45, 7) is 1.51. The summed E-state index contributed by atoms with van der Waals surface area (Å²) in [6.07, 6.45) is 6.39. The molecule has 1 saturated heterocycles. The van der Waals surface area contributed by atoms with Gasteiger partial charge in [-0.1, -0.05) is 54.6 Å². The van der Waals surface area contributed by atoms with Crippen LogP contribution in [0.15, 0.2) is 66.9 Å². The van der Waals surface area contributed by atoms with Crippen molar-refractivity contribution in [1.29, 1.82) is 0 Å². The minimum atomic E-state index is -0.231. The molecule has 2 fully saturated rings. The van der Waals surface area contributed by atoms with Gasteiger partial charge < -0.3 is 15.7 Å². The van der Waals surface area contributed by atoms with Gasteiger partial charge in [0, 0.05) is 41.3 Å². The first-order valence-corrected chi connectivity index (χ1v) is 12.2. The van der Waals surface area contributed by atoms with Crippen molar-refractivity contribution in [2.45, 2.75) is 43.7 Å². The minimum Gasteiger partial charge on any atom is -0.393 e. The third kappa shape index (κ3) is 3.83. The molecule has 0 amide bonds. The zero-order valence-electron chi connectivity index (χ0n) is 19.2. The van der Waals surface area contributed by atoms with Gasteiger partial charge in [-0.3, -0.25) is 0 Å². The molecule has 0 atom stereocenters. The first-order chi connectivity index (χ1) is 16.6. The predicted octanol–water partition coefficient (Wildman–Crippen LogP) is 4.66. The third-order valence-corrected chi connectivity index (χ3v) is 7.37. The molecule has 0 unspecified atom stereocenters. The van der Waals surface area contributed by atoms with E-state index in [9.17, 15) is 5.11 Å². The van der Waals surface area contributed by atoms with Crippen molar-refractivity contribution in [3.05, 3.63) is 72.4 Å². The average molecular weight is 452 g/mol. The standard InChI is InChI=1S/C28H29N5O/c29-28(13-4-14-28)22-9-7-20(8-10-22)25-24(19-5-2-1-3-6-19)17-21-18-30-27(32-26(21)31-25)33-15-11-23(34)12-16-33/h1-3,5-10,17-18,23,34H,4,11-16,29H2. The molecule has 2 aromatic heterocycles. The molecule has 0 spiro atoms. The van der Waals surface area contributed by atoms with E-state index in [0.29, 0.717) is 11.6 Å². The molecule has 6 rings (SSSR count). The Morgan fingerprint density at radius 3 is 2.32 bits per heavy atom. The van der Waals surface area contributed by atoms with Crippen molar-refractivity contribution < 1.29 is 5.11 Å². The van der Waals surface area contributed by atoms with Crippen molar-refractivity contribution in [3.8, 4) is 22.4 Å². The van der Waals surface area contributed by atoms with Gasteiger partial charge in [0.15, 0.2) is 5.65 Å². The van der Waals surface area contributed by atoms with E-state index >= 15 is 0 Å². The van der Waals surface area contributed by atoms with Gasteiger partial charge in [0.05, 0.1) is 11.8 Å². The fraction of sp³-hybridized carbons (Fsp3) is 0.321. The number of aliphatic hydroxyl groups excluding tert-OH is 1. The van der Waals surface area contributed by atoms with E-state index in [2.05, 4.69) is 52.3 Å². The lowest BCUT2D eigenvalue weighted by Gasteiger charge is -2.38. The van der Waals surface area contributed by atoms with E-state index in [1.54, 1.807) is 0 Å². The van der Waals surface area contributed by atoms with Crippen LogP contribution < -0.4 is 10.6 Å². The molecule has 34 heavy (non-hydrogen) atoms. The molecule has 0 bridgehead atoms. The van der Waals surface area contributed by atoms with Gasteiger partial charge in [-0.05, 0) is 49.3 Å². The van der Waals surface area contributed by atoms with Gasteiger partial charge in [-0.25, -0.2) is 9.97 Å². The average Bonchev–Trinajstić information content (AvgIpc) is 2.87. The highest BCUT2D eigenvalue weighted by Crippen LogP contribution is 2.40. The monoisotopic (exact) mass is 451 g/mol. The van der Waals surface area contributed by atoms with E-state index in [1.165, 1.54) is 12.0 Å². The Balaban J connectivity index is 1.44. The molecule has 1 saturated carbocycles. The molecule has 6 nitrogen and oxygen atoms in total. The van der Waals surface area contributed by atoms with Gasteiger partial charge in [-0.15, -0.1) is 0 Å². The molecule has 2 aromatic carbocycles. The lowest BCUT2D eigenvalue weighted by molar-refractivity contribution is 0.145. The van der Waals surface area contributed by atoms with Crippen molar-refractivity contribution in [2.24, 2.45) is 5.73 Å². The SMILES string of the molecule is NC1(c2ccc(-c3nc4nc(N5CCC(O)CC5)ncc4cc3-c3ccccc3)cc2)CCC1. The quantitative estimate of drug-likeness (QED) is 0.469. The van der Waals surface area contributed by atoms with Crippen LogP contribution in [0.5, 0.6) is 0 Å². The lowest BCUT2D eigenvalue weighted by Crippen LogP contribution is -2.43. The van der Waals surface area contributed by atoms with Crippen LogP contribution >= 0.6 is 0 Å². The Kier molecular flexibility index (Phi) is 5.27. The van der Waals surface area contributed by atoms with Crippen molar-refractivity contribution in [2.75, 3.05) is 18.0 Å². The van der Waals surface area contributed by atoms with E-state index in [0.717, 1.165) is 66.5 Å². The number of fused-ring (bicyclic) bond motifs is 1. The van der Waals surface area contributed by atoms with Crippen molar-refractivity contribution in [3.63, 3.8) is 0 Å². The molecular formula is C28H29N5O. The highest BCUT2D eigenvalue weighted by molar-refractivity contribution is 5.90. The maximum atomic E-state index is 9.85. The number of aromatic nitrogens is 3. The Bertz CT molecular complexity index is 1310. The third-order valence-electron chi connectivity index (χ3n) is 7.37. The topological polar surface area (TPSA) is 88.2 Å². The molecular weight excluding hydrogens is 422 g/mol. The van der Waals surface area contributed by atoms with Gasteiger partial charge in [0.1, 0.15) is 0 Å². The number of benzene rings is 2. The van der Waals surface area contributed by atoms with E-state index in [1.807, 2.05) is 24.4 Å². The second kappa shape index (κ2) is 8.46. The summed E-state index contributed by atoms with van der Waals surface area (Å²) in [4.78, 5) is 16.6. The molecule has 1 aliphatic heterocycles. The van der Waals surface area contributed by atoms with Crippen molar-refractivity contribution >= 4 is 17.0 Å². The van der Waals surface area contributed by atoms with Crippen molar-refractivity contribution in [1.82, 2.24) is 15.0 Å².